The van der Waals surface area contributed by atoms with Crippen LogP contribution in [-0.4, -0.2) is 25.2 Å². The topological polar surface area (TPSA) is 64.4 Å². The van der Waals surface area contributed by atoms with Gasteiger partial charge in [-0.1, -0.05) is 6.07 Å². The number of unbranched alkanes of at least 4 members (excludes halogenated alkanes) is 1. The Morgan fingerprint density at radius 3 is 2.82 bits per heavy atom. The molecule has 0 aliphatic carbocycles. The molecule has 5 nitrogen and oxygen atoms in total. The lowest BCUT2D eigenvalue weighted by molar-refractivity contribution is -0.384. The number of nitro groups is 1. The van der Waals surface area contributed by atoms with Crippen molar-refractivity contribution in [1.82, 2.24) is 0 Å². The highest BCUT2D eigenvalue weighted by Gasteiger charge is 2.12. The molecule has 0 saturated carbocycles. The van der Waals surface area contributed by atoms with Crippen LogP contribution in [0.15, 0.2) is 18.2 Å². The first-order valence-corrected chi connectivity index (χ1v) is 5.63. The number of methoxy groups -OCH3 is 1. The van der Waals surface area contributed by atoms with Crippen molar-refractivity contribution in [3.05, 3.63) is 33.9 Å². The molecule has 1 rings (SSSR count). The van der Waals surface area contributed by atoms with Gasteiger partial charge in [0.05, 0.1) is 4.92 Å². The zero-order valence-corrected chi connectivity index (χ0v) is 10.2. The summed E-state index contributed by atoms with van der Waals surface area (Å²) >= 11 is 0. The van der Waals surface area contributed by atoms with Gasteiger partial charge in [0.1, 0.15) is 5.69 Å². The van der Waals surface area contributed by atoms with Crippen LogP contribution in [0.25, 0.3) is 0 Å². The van der Waals surface area contributed by atoms with Gasteiger partial charge in [0.2, 0.25) is 0 Å². The van der Waals surface area contributed by atoms with Gasteiger partial charge < -0.3 is 10.1 Å². The molecule has 0 amide bonds. The number of rotatable bonds is 7. The van der Waals surface area contributed by atoms with E-state index in [0.717, 1.165) is 25.0 Å². The minimum absolute atomic E-state index is 0.136. The average Bonchev–Trinajstić information content (AvgIpc) is 2.30. The van der Waals surface area contributed by atoms with Crippen LogP contribution >= 0.6 is 0 Å². The predicted octanol–water partition coefficient (Wildman–Crippen LogP) is 2.74. The SMILES string of the molecule is COCCCCNc1ccc(C)cc1[N+](=O)[O-]. The Balaban J connectivity index is 2.55. The largest absolute Gasteiger partial charge is 0.385 e. The number of anilines is 1. The van der Waals surface area contributed by atoms with Gasteiger partial charge in [0.15, 0.2) is 0 Å². The van der Waals surface area contributed by atoms with E-state index in [4.69, 9.17) is 4.74 Å². The molecule has 0 atom stereocenters. The van der Waals surface area contributed by atoms with Crippen molar-refractivity contribution in [3.8, 4) is 0 Å². The van der Waals surface area contributed by atoms with Crippen molar-refractivity contribution in [2.45, 2.75) is 19.8 Å². The van der Waals surface area contributed by atoms with Gasteiger partial charge in [-0.2, -0.15) is 0 Å². The maximum absolute atomic E-state index is 10.9. The Morgan fingerprint density at radius 1 is 1.41 bits per heavy atom. The molecule has 1 aromatic carbocycles. The van der Waals surface area contributed by atoms with Crippen LogP contribution in [0, 0.1) is 17.0 Å². The Hall–Kier alpha value is -1.62. The highest BCUT2D eigenvalue weighted by atomic mass is 16.6. The number of nitrogens with zero attached hydrogens (tertiary/aromatic N) is 1. The Kier molecular flexibility index (Phi) is 5.42. The second-order valence-electron chi connectivity index (χ2n) is 3.90. The van der Waals surface area contributed by atoms with Gasteiger partial charge in [-0.25, -0.2) is 0 Å². The summed E-state index contributed by atoms with van der Waals surface area (Å²) in [5.74, 6) is 0. The van der Waals surface area contributed by atoms with Crippen molar-refractivity contribution in [2.75, 3.05) is 25.6 Å². The molecule has 94 valence electrons. The van der Waals surface area contributed by atoms with Crippen LogP contribution in [0.2, 0.25) is 0 Å². The minimum atomic E-state index is -0.357. The molecule has 0 heterocycles. The molecule has 0 spiro atoms. The summed E-state index contributed by atoms with van der Waals surface area (Å²) in [5.41, 5.74) is 1.61. The number of ether oxygens (including phenoxy) is 1. The number of nitrogens with one attached hydrogen (secondary N) is 1. The third-order valence-electron chi connectivity index (χ3n) is 2.44. The van der Waals surface area contributed by atoms with Crippen molar-refractivity contribution in [3.63, 3.8) is 0 Å². The third kappa shape index (κ3) is 4.40. The number of nitro benzene ring substituents is 1. The van der Waals surface area contributed by atoms with E-state index < -0.39 is 0 Å². The fraction of sp³-hybridized carbons (Fsp3) is 0.500. The lowest BCUT2D eigenvalue weighted by Gasteiger charge is -2.07. The van der Waals surface area contributed by atoms with Crippen molar-refractivity contribution >= 4 is 11.4 Å². The van der Waals surface area contributed by atoms with Gasteiger partial charge in [0.25, 0.3) is 5.69 Å². The number of hydrogen-bond donors (Lipinski definition) is 1. The fourth-order valence-corrected chi connectivity index (χ4v) is 1.54. The van der Waals surface area contributed by atoms with Crippen molar-refractivity contribution in [2.24, 2.45) is 0 Å². The quantitative estimate of drug-likeness (QED) is 0.450. The first-order valence-electron chi connectivity index (χ1n) is 5.63. The normalized spacial score (nSPS) is 10.2. The molecular weight excluding hydrogens is 220 g/mol. The third-order valence-corrected chi connectivity index (χ3v) is 2.44. The molecule has 0 saturated heterocycles. The molecule has 0 bridgehead atoms. The zero-order chi connectivity index (χ0) is 12.7. The molecule has 0 fully saturated rings. The van der Waals surface area contributed by atoms with Gasteiger partial charge in [-0.15, -0.1) is 0 Å². The summed E-state index contributed by atoms with van der Waals surface area (Å²) in [6.07, 6.45) is 1.88. The van der Waals surface area contributed by atoms with E-state index >= 15 is 0 Å². The van der Waals surface area contributed by atoms with Crippen LogP contribution < -0.4 is 5.32 Å². The van der Waals surface area contributed by atoms with E-state index in [2.05, 4.69) is 5.32 Å². The summed E-state index contributed by atoms with van der Waals surface area (Å²) in [6, 6.07) is 5.20. The Bertz CT molecular complexity index is 380. The molecule has 0 aliphatic rings. The molecule has 0 unspecified atom stereocenters. The Labute approximate surface area is 101 Å². The van der Waals surface area contributed by atoms with Crippen LogP contribution in [0.3, 0.4) is 0 Å². The molecule has 17 heavy (non-hydrogen) atoms. The highest BCUT2D eigenvalue weighted by molar-refractivity contribution is 5.62. The summed E-state index contributed by atoms with van der Waals surface area (Å²) in [4.78, 5) is 10.5. The number of aryl methyl sites for hydroxylation is 1. The van der Waals surface area contributed by atoms with E-state index in [1.54, 1.807) is 19.2 Å². The van der Waals surface area contributed by atoms with Crippen LogP contribution in [-0.2, 0) is 4.74 Å². The standard InChI is InChI=1S/C12H18N2O3/c1-10-5-6-11(12(9-10)14(15)16)13-7-3-4-8-17-2/h5-6,9,13H,3-4,7-8H2,1-2H3. The van der Waals surface area contributed by atoms with Crippen molar-refractivity contribution in [1.29, 1.82) is 0 Å². The second kappa shape index (κ2) is 6.85. The van der Waals surface area contributed by atoms with Crippen molar-refractivity contribution < 1.29 is 9.66 Å². The first kappa shape index (κ1) is 13.4. The highest BCUT2D eigenvalue weighted by Crippen LogP contribution is 2.25. The lowest BCUT2D eigenvalue weighted by Crippen LogP contribution is -2.05. The molecule has 1 aromatic rings. The molecule has 1 N–H and O–H groups in total. The summed E-state index contributed by atoms with van der Waals surface area (Å²) in [7, 11) is 1.66. The van der Waals surface area contributed by atoms with E-state index in [0.29, 0.717) is 12.2 Å². The first-order chi connectivity index (χ1) is 8.15. The van der Waals surface area contributed by atoms with Gasteiger partial charge in [-0.05, 0) is 31.4 Å². The van der Waals surface area contributed by atoms with Gasteiger partial charge in [-0.3, -0.25) is 10.1 Å². The van der Waals surface area contributed by atoms with Crippen LogP contribution in [0.5, 0.6) is 0 Å². The summed E-state index contributed by atoms with van der Waals surface area (Å²) in [5, 5.41) is 13.9. The van der Waals surface area contributed by atoms with Gasteiger partial charge in [0, 0.05) is 26.3 Å². The molecule has 0 radical (unpaired) electrons. The monoisotopic (exact) mass is 238 g/mol. The molecule has 0 aromatic heterocycles. The van der Waals surface area contributed by atoms with Crippen LogP contribution in [0.4, 0.5) is 11.4 Å². The number of benzene rings is 1. The van der Waals surface area contributed by atoms with E-state index in [9.17, 15) is 10.1 Å². The lowest BCUT2D eigenvalue weighted by atomic mass is 10.2. The molecule has 5 heteroatoms. The van der Waals surface area contributed by atoms with E-state index in [1.807, 2.05) is 13.0 Å². The zero-order valence-electron chi connectivity index (χ0n) is 10.2. The minimum Gasteiger partial charge on any atom is -0.385 e. The predicted molar refractivity (Wildman–Crippen MR) is 67.4 cm³/mol. The average molecular weight is 238 g/mol. The molecule has 0 aliphatic heterocycles. The van der Waals surface area contributed by atoms with Crippen LogP contribution in [0.1, 0.15) is 18.4 Å². The maximum Gasteiger partial charge on any atom is 0.292 e. The fourth-order valence-electron chi connectivity index (χ4n) is 1.54. The summed E-state index contributed by atoms with van der Waals surface area (Å²) < 4.78 is 4.94. The second-order valence-corrected chi connectivity index (χ2v) is 3.90. The number of hydrogen-bond acceptors (Lipinski definition) is 4. The van der Waals surface area contributed by atoms with E-state index in [-0.39, 0.29) is 10.6 Å². The summed E-state index contributed by atoms with van der Waals surface area (Å²) in [6.45, 7) is 3.28. The van der Waals surface area contributed by atoms with Gasteiger partial charge >= 0.3 is 0 Å². The smallest absolute Gasteiger partial charge is 0.292 e. The van der Waals surface area contributed by atoms with E-state index in [1.165, 1.54) is 0 Å². The maximum atomic E-state index is 10.9. The molecular formula is C12H18N2O3. The Morgan fingerprint density at radius 2 is 2.18 bits per heavy atom.